The Hall–Kier alpha value is -4.94. The lowest BCUT2D eigenvalue weighted by Gasteiger charge is -2.35. The summed E-state index contributed by atoms with van der Waals surface area (Å²) in [7, 11) is 1.59. The summed E-state index contributed by atoms with van der Waals surface area (Å²) in [6.45, 7) is 4.56. The molecule has 5 rings (SSSR count). The van der Waals surface area contributed by atoms with Crippen molar-refractivity contribution in [1.29, 1.82) is 0 Å². The van der Waals surface area contributed by atoms with Crippen molar-refractivity contribution in [2.45, 2.75) is 33.1 Å². The van der Waals surface area contributed by atoms with Crippen LogP contribution in [0.2, 0.25) is 0 Å². The Bertz CT molecular complexity index is 1600. The quantitative estimate of drug-likeness (QED) is 0.324. The predicted molar refractivity (Wildman–Crippen MR) is 144 cm³/mol. The number of hydrogen-bond acceptors (Lipinski definition) is 6. The fourth-order valence-corrected chi connectivity index (χ4v) is 4.47. The molecule has 0 fully saturated rings. The Morgan fingerprint density at radius 1 is 1.12 bits per heavy atom. The molecule has 0 radical (unpaired) electrons. The van der Waals surface area contributed by atoms with Gasteiger partial charge in [-0.25, -0.2) is 14.5 Å². The molecule has 0 bridgehead atoms. The number of amides is 3. The molecular formula is C27H25F3N8O2. The van der Waals surface area contributed by atoms with Gasteiger partial charge in [-0.2, -0.15) is 23.3 Å². The lowest BCUT2D eigenvalue weighted by atomic mass is 10.1. The van der Waals surface area contributed by atoms with E-state index in [1.807, 2.05) is 6.92 Å². The van der Waals surface area contributed by atoms with E-state index in [-0.39, 0.29) is 18.3 Å². The van der Waals surface area contributed by atoms with E-state index in [1.54, 1.807) is 55.3 Å². The lowest BCUT2D eigenvalue weighted by molar-refractivity contribution is -0.137. The molecule has 2 aromatic carbocycles. The van der Waals surface area contributed by atoms with E-state index in [4.69, 9.17) is 0 Å². The van der Waals surface area contributed by atoms with Gasteiger partial charge in [-0.15, -0.1) is 0 Å². The van der Waals surface area contributed by atoms with Crippen LogP contribution in [0, 0.1) is 6.92 Å². The van der Waals surface area contributed by atoms with E-state index in [0.717, 1.165) is 17.7 Å². The summed E-state index contributed by atoms with van der Waals surface area (Å²) in [5.74, 6) is 0.545. The molecule has 206 valence electrons. The van der Waals surface area contributed by atoms with Gasteiger partial charge in [0.15, 0.2) is 0 Å². The minimum absolute atomic E-state index is 0.154. The summed E-state index contributed by atoms with van der Waals surface area (Å²) in [5, 5.41) is 9.84. The van der Waals surface area contributed by atoms with Crippen molar-refractivity contribution in [1.82, 2.24) is 19.7 Å². The molecule has 4 aromatic rings. The number of anilines is 5. The Labute approximate surface area is 227 Å². The standard InChI is InChI=1S/C27H25F3N8O2/c1-4-38-22(11-12-32-38)34-25-31-14-17-15-37(26(40)36(3)23(17)35-25)21-13-18(10-9-16(21)2)33-24(39)19-7-5-6-8-20(19)27(28,29)30/h5-14H,4,15H2,1-3H3,(H,33,39)(H,31,34,35). The van der Waals surface area contributed by atoms with Gasteiger partial charge in [0.05, 0.1) is 29.6 Å². The van der Waals surface area contributed by atoms with Crippen LogP contribution >= 0.6 is 0 Å². The number of carbonyl (C=O) groups is 2. The number of nitrogens with one attached hydrogen (secondary N) is 2. The number of nitrogens with zero attached hydrogens (tertiary/aromatic N) is 6. The third-order valence-electron chi connectivity index (χ3n) is 6.50. The molecule has 3 amide bonds. The molecule has 0 aliphatic carbocycles. The number of aryl methyl sites for hydroxylation is 2. The molecule has 2 N–H and O–H groups in total. The molecule has 10 nitrogen and oxygen atoms in total. The Morgan fingerprint density at radius 3 is 2.65 bits per heavy atom. The van der Waals surface area contributed by atoms with E-state index in [0.29, 0.717) is 35.4 Å². The van der Waals surface area contributed by atoms with Crippen molar-refractivity contribution in [2.75, 3.05) is 27.5 Å². The minimum Gasteiger partial charge on any atom is -0.322 e. The van der Waals surface area contributed by atoms with Crippen LogP contribution in [0.4, 0.5) is 46.9 Å². The maximum absolute atomic E-state index is 13.4. The van der Waals surface area contributed by atoms with E-state index >= 15 is 0 Å². The highest BCUT2D eigenvalue weighted by Crippen LogP contribution is 2.35. The smallest absolute Gasteiger partial charge is 0.322 e. The van der Waals surface area contributed by atoms with Gasteiger partial charge in [-0.1, -0.05) is 18.2 Å². The van der Waals surface area contributed by atoms with Crippen LogP contribution in [0.3, 0.4) is 0 Å². The number of fused-ring (bicyclic) bond motifs is 1. The number of carbonyl (C=O) groups excluding carboxylic acids is 2. The largest absolute Gasteiger partial charge is 0.417 e. The fraction of sp³-hybridized carbons (Fsp3) is 0.222. The van der Waals surface area contributed by atoms with Gasteiger partial charge in [0, 0.05) is 37.1 Å². The Morgan fingerprint density at radius 2 is 1.90 bits per heavy atom. The van der Waals surface area contributed by atoms with Crippen LogP contribution in [-0.4, -0.2) is 38.7 Å². The SMILES string of the molecule is CCn1nccc1Nc1ncc2c(n1)N(C)C(=O)N(c1cc(NC(=O)c3ccccc3C(F)(F)F)ccc1C)C2. The topological polar surface area (TPSA) is 108 Å². The first kappa shape index (κ1) is 26.7. The third-order valence-corrected chi connectivity index (χ3v) is 6.50. The lowest BCUT2D eigenvalue weighted by Crippen LogP contribution is -2.46. The number of aromatic nitrogens is 4. The van der Waals surface area contributed by atoms with Crippen LogP contribution in [0.15, 0.2) is 60.9 Å². The summed E-state index contributed by atoms with van der Waals surface area (Å²) >= 11 is 0. The van der Waals surface area contributed by atoms with Gasteiger partial charge >= 0.3 is 12.2 Å². The number of rotatable bonds is 6. The van der Waals surface area contributed by atoms with Crippen molar-refractivity contribution in [3.05, 3.63) is 83.2 Å². The van der Waals surface area contributed by atoms with Crippen molar-refractivity contribution >= 4 is 40.9 Å². The van der Waals surface area contributed by atoms with Crippen molar-refractivity contribution < 1.29 is 22.8 Å². The highest BCUT2D eigenvalue weighted by molar-refractivity contribution is 6.08. The first-order valence-electron chi connectivity index (χ1n) is 12.3. The third kappa shape index (κ3) is 5.05. The first-order valence-corrected chi connectivity index (χ1v) is 12.3. The van der Waals surface area contributed by atoms with E-state index in [1.165, 1.54) is 21.9 Å². The fourth-order valence-electron chi connectivity index (χ4n) is 4.47. The number of halogens is 3. The first-order chi connectivity index (χ1) is 19.1. The molecule has 3 heterocycles. The van der Waals surface area contributed by atoms with Gasteiger partial charge < -0.3 is 10.6 Å². The van der Waals surface area contributed by atoms with Gasteiger partial charge in [0.2, 0.25) is 5.95 Å². The summed E-state index contributed by atoms with van der Waals surface area (Å²) in [4.78, 5) is 38.0. The molecule has 13 heteroatoms. The van der Waals surface area contributed by atoms with Crippen LogP contribution in [0.25, 0.3) is 0 Å². The minimum atomic E-state index is -4.68. The van der Waals surface area contributed by atoms with Crippen LogP contribution in [-0.2, 0) is 19.3 Å². The average Bonchev–Trinajstić information content (AvgIpc) is 3.38. The van der Waals surface area contributed by atoms with Crippen LogP contribution in [0.5, 0.6) is 0 Å². The molecule has 1 aliphatic heterocycles. The van der Waals surface area contributed by atoms with Crippen molar-refractivity contribution in [3.63, 3.8) is 0 Å². The molecule has 0 atom stereocenters. The summed E-state index contributed by atoms with van der Waals surface area (Å²) in [6.07, 6.45) is -1.40. The zero-order chi connectivity index (χ0) is 28.6. The Balaban J connectivity index is 1.40. The summed E-state index contributed by atoms with van der Waals surface area (Å²) in [5.41, 5.74) is 0.613. The normalized spacial score (nSPS) is 13.3. The number of alkyl halides is 3. The molecule has 0 unspecified atom stereocenters. The predicted octanol–water partition coefficient (Wildman–Crippen LogP) is 5.59. The van der Waals surface area contributed by atoms with Crippen LogP contribution < -0.4 is 20.4 Å². The maximum Gasteiger partial charge on any atom is 0.417 e. The average molecular weight is 551 g/mol. The highest BCUT2D eigenvalue weighted by Gasteiger charge is 2.35. The molecule has 1 aliphatic rings. The zero-order valence-corrected chi connectivity index (χ0v) is 21.8. The monoisotopic (exact) mass is 550 g/mol. The highest BCUT2D eigenvalue weighted by atomic mass is 19.4. The molecular weight excluding hydrogens is 525 g/mol. The molecule has 40 heavy (non-hydrogen) atoms. The van der Waals surface area contributed by atoms with Gasteiger partial charge in [-0.05, 0) is 43.7 Å². The van der Waals surface area contributed by atoms with Gasteiger partial charge in [0.25, 0.3) is 5.91 Å². The van der Waals surface area contributed by atoms with E-state index in [9.17, 15) is 22.8 Å². The number of urea groups is 1. The van der Waals surface area contributed by atoms with Crippen molar-refractivity contribution in [3.8, 4) is 0 Å². The second-order valence-corrected chi connectivity index (χ2v) is 9.13. The molecule has 0 saturated heterocycles. The van der Waals surface area contributed by atoms with Gasteiger partial charge in [-0.3, -0.25) is 14.6 Å². The maximum atomic E-state index is 13.4. The number of hydrogen-bond donors (Lipinski definition) is 2. The second kappa shape index (κ2) is 10.3. The van der Waals surface area contributed by atoms with E-state index in [2.05, 4.69) is 25.7 Å². The zero-order valence-electron chi connectivity index (χ0n) is 21.8. The summed E-state index contributed by atoms with van der Waals surface area (Å²) < 4.78 is 42.0. The van der Waals surface area contributed by atoms with Gasteiger partial charge in [0.1, 0.15) is 11.6 Å². The molecule has 0 saturated carbocycles. The van der Waals surface area contributed by atoms with Crippen molar-refractivity contribution in [2.24, 2.45) is 0 Å². The van der Waals surface area contributed by atoms with Crippen LogP contribution in [0.1, 0.15) is 34.0 Å². The second-order valence-electron chi connectivity index (χ2n) is 9.13. The number of benzene rings is 2. The van der Waals surface area contributed by atoms with E-state index < -0.39 is 23.2 Å². The summed E-state index contributed by atoms with van der Waals surface area (Å²) in [6, 6.07) is 10.8. The molecule has 0 spiro atoms. The molecule has 2 aromatic heterocycles. The Kier molecular flexibility index (Phi) is 6.88.